The van der Waals surface area contributed by atoms with Gasteiger partial charge in [-0.05, 0) is 34.6 Å². The lowest BCUT2D eigenvalue weighted by Crippen LogP contribution is -2.49. The number of rotatable bonds is 4. The zero-order chi connectivity index (χ0) is 11.6. The van der Waals surface area contributed by atoms with Gasteiger partial charge in [0.05, 0.1) is 12.3 Å². The van der Waals surface area contributed by atoms with E-state index in [9.17, 15) is 5.11 Å². The van der Waals surface area contributed by atoms with E-state index < -0.39 is 6.10 Å². The van der Waals surface area contributed by atoms with Crippen molar-refractivity contribution in [2.24, 2.45) is 0 Å². The van der Waals surface area contributed by atoms with Gasteiger partial charge in [-0.15, -0.1) is 0 Å². The fraction of sp³-hybridized carbons (Fsp3) is 0.727. The van der Waals surface area contributed by atoms with Gasteiger partial charge in [-0.25, -0.2) is 0 Å². The van der Waals surface area contributed by atoms with Gasteiger partial charge < -0.3 is 10.4 Å². The van der Waals surface area contributed by atoms with Crippen LogP contribution in [0.25, 0.3) is 0 Å². The van der Waals surface area contributed by atoms with Crippen LogP contribution in [-0.4, -0.2) is 26.9 Å². The van der Waals surface area contributed by atoms with Gasteiger partial charge in [0.1, 0.15) is 0 Å². The van der Waals surface area contributed by atoms with Gasteiger partial charge in [0.15, 0.2) is 0 Å². The number of hydrogen-bond acceptors (Lipinski definition) is 3. The van der Waals surface area contributed by atoms with Crippen molar-refractivity contribution in [2.45, 2.75) is 52.3 Å². The van der Waals surface area contributed by atoms with Crippen molar-refractivity contribution in [2.75, 3.05) is 0 Å². The lowest BCUT2D eigenvalue weighted by atomic mass is 9.96. The number of nitrogens with one attached hydrogen (secondary N) is 2. The molecule has 2 unspecified atom stereocenters. The molecule has 0 saturated carbocycles. The second kappa shape index (κ2) is 4.33. The largest absolute Gasteiger partial charge is 0.392 e. The third kappa shape index (κ3) is 2.79. The number of hydrogen-bond donors (Lipinski definition) is 3. The first-order valence-electron chi connectivity index (χ1n) is 5.30. The molecule has 0 aromatic carbocycles. The van der Waals surface area contributed by atoms with Crippen molar-refractivity contribution in [3.63, 3.8) is 0 Å². The molecule has 4 heteroatoms. The maximum absolute atomic E-state index is 9.61. The van der Waals surface area contributed by atoms with Crippen molar-refractivity contribution in [3.05, 3.63) is 17.5 Å². The molecule has 1 aromatic heterocycles. The molecule has 0 amide bonds. The summed E-state index contributed by atoms with van der Waals surface area (Å²) in [7, 11) is 0. The van der Waals surface area contributed by atoms with Crippen LogP contribution in [0.3, 0.4) is 0 Å². The van der Waals surface area contributed by atoms with Crippen LogP contribution >= 0.6 is 0 Å². The third-order valence-electron chi connectivity index (χ3n) is 2.97. The van der Waals surface area contributed by atoms with Crippen molar-refractivity contribution in [1.29, 1.82) is 0 Å². The number of aryl methyl sites for hydroxylation is 1. The lowest BCUT2D eigenvalue weighted by molar-refractivity contribution is 0.0894. The van der Waals surface area contributed by atoms with Crippen LogP contribution < -0.4 is 5.32 Å². The SMILES string of the molecule is Cc1[nH]ncc1C(C)NC(C)(C)C(C)O. The molecule has 1 heterocycles. The van der Waals surface area contributed by atoms with E-state index in [-0.39, 0.29) is 11.6 Å². The number of aromatic nitrogens is 2. The summed E-state index contributed by atoms with van der Waals surface area (Å²) < 4.78 is 0. The second-order valence-electron chi connectivity index (χ2n) is 4.71. The Morgan fingerprint density at radius 1 is 1.47 bits per heavy atom. The molecule has 2 atom stereocenters. The fourth-order valence-corrected chi connectivity index (χ4v) is 1.55. The molecule has 1 aromatic rings. The Labute approximate surface area is 91.1 Å². The third-order valence-corrected chi connectivity index (χ3v) is 2.97. The van der Waals surface area contributed by atoms with Crippen LogP contribution in [0.15, 0.2) is 6.20 Å². The Balaban J connectivity index is 2.72. The second-order valence-corrected chi connectivity index (χ2v) is 4.71. The minimum absolute atomic E-state index is 0.174. The summed E-state index contributed by atoms with van der Waals surface area (Å²) in [6.07, 6.45) is 1.43. The molecular formula is C11H21N3O. The Morgan fingerprint density at radius 2 is 2.07 bits per heavy atom. The van der Waals surface area contributed by atoms with E-state index in [4.69, 9.17) is 0 Å². The van der Waals surface area contributed by atoms with Crippen LogP contribution in [0.5, 0.6) is 0 Å². The maximum atomic E-state index is 9.61. The first-order chi connectivity index (χ1) is 6.84. The molecule has 1 rings (SSSR count). The van der Waals surface area contributed by atoms with Gasteiger partial charge >= 0.3 is 0 Å². The smallest absolute Gasteiger partial charge is 0.0688 e. The Kier molecular flexibility index (Phi) is 3.52. The summed E-state index contributed by atoms with van der Waals surface area (Å²) in [5, 5.41) is 19.9. The summed E-state index contributed by atoms with van der Waals surface area (Å²) in [5.41, 5.74) is 1.91. The van der Waals surface area contributed by atoms with E-state index in [1.165, 1.54) is 0 Å². The molecule has 0 aliphatic carbocycles. The minimum Gasteiger partial charge on any atom is -0.392 e. The topological polar surface area (TPSA) is 60.9 Å². The molecule has 0 aliphatic heterocycles. The van der Waals surface area contributed by atoms with Crippen molar-refractivity contribution < 1.29 is 5.11 Å². The molecule has 0 radical (unpaired) electrons. The zero-order valence-electron chi connectivity index (χ0n) is 10.1. The van der Waals surface area contributed by atoms with Crippen LogP contribution in [0, 0.1) is 6.92 Å². The summed E-state index contributed by atoms with van der Waals surface area (Å²) >= 11 is 0. The molecule has 0 aliphatic rings. The molecule has 15 heavy (non-hydrogen) atoms. The average Bonchev–Trinajstić information content (AvgIpc) is 2.50. The number of aliphatic hydroxyl groups excluding tert-OH is 1. The number of H-pyrrole nitrogens is 1. The van der Waals surface area contributed by atoms with E-state index >= 15 is 0 Å². The fourth-order valence-electron chi connectivity index (χ4n) is 1.55. The van der Waals surface area contributed by atoms with E-state index in [1.807, 2.05) is 27.0 Å². The first kappa shape index (κ1) is 12.2. The van der Waals surface area contributed by atoms with Crippen molar-refractivity contribution in [1.82, 2.24) is 15.5 Å². The van der Waals surface area contributed by atoms with Gasteiger partial charge in [-0.1, -0.05) is 0 Å². The summed E-state index contributed by atoms with van der Waals surface area (Å²) in [6, 6.07) is 0.174. The van der Waals surface area contributed by atoms with Crippen molar-refractivity contribution >= 4 is 0 Å². The van der Waals surface area contributed by atoms with Gasteiger partial charge in [0.2, 0.25) is 0 Å². The Bertz CT molecular complexity index is 317. The predicted octanol–water partition coefficient (Wildman–Crippen LogP) is 1.53. The molecule has 0 spiro atoms. The van der Waals surface area contributed by atoms with Gasteiger partial charge in [0, 0.05) is 22.8 Å². The molecule has 86 valence electrons. The monoisotopic (exact) mass is 211 g/mol. The quantitative estimate of drug-likeness (QED) is 0.707. The van der Waals surface area contributed by atoms with E-state index in [0.29, 0.717) is 0 Å². The first-order valence-corrected chi connectivity index (χ1v) is 5.30. The zero-order valence-corrected chi connectivity index (χ0v) is 10.1. The highest BCUT2D eigenvalue weighted by atomic mass is 16.3. The Morgan fingerprint density at radius 3 is 2.47 bits per heavy atom. The van der Waals surface area contributed by atoms with Crippen molar-refractivity contribution in [3.8, 4) is 0 Å². The van der Waals surface area contributed by atoms with Gasteiger partial charge in [0.25, 0.3) is 0 Å². The standard InChI is InChI=1S/C11H21N3O/c1-7(10-6-12-14-8(10)2)13-11(4,5)9(3)15/h6-7,9,13,15H,1-5H3,(H,12,14). The van der Waals surface area contributed by atoms with E-state index in [0.717, 1.165) is 11.3 Å². The van der Waals surface area contributed by atoms with Gasteiger partial charge in [-0.3, -0.25) is 5.10 Å². The van der Waals surface area contributed by atoms with Crippen LogP contribution in [0.1, 0.15) is 45.0 Å². The van der Waals surface area contributed by atoms with Crippen LogP contribution in [-0.2, 0) is 0 Å². The number of aliphatic hydroxyl groups is 1. The van der Waals surface area contributed by atoms with E-state index in [2.05, 4.69) is 22.4 Å². The Hall–Kier alpha value is -0.870. The number of nitrogens with zero attached hydrogens (tertiary/aromatic N) is 1. The summed E-state index contributed by atoms with van der Waals surface area (Å²) in [5.74, 6) is 0. The highest BCUT2D eigenvalue weighted by Gasteiger charge is 2.26. The molecule has 0 saturated heterocycles. The molecule has 0 fully saturated rings. The van der Waals surface area contributed by atoms with Crippen LogP contribution in [0.4, 0.5) is 0 Å². The molecule has 4 nitrogen and oxygen atoms in total. The highest BCUT2D eigenvalue weighted by molar-refractivity contribution is 5.19. The normalized spacial score (nSPS) is 16.4. The lowest BCUT2D eigenvalue weighted by Gasteiger charge is -2.32. The average molecular weight is 211 g/mol. The summed E-state index contributed by atoms with van der Waals surface area (Å²) in [4.78, 5) is 0. The van der Waals surface area contributed by atoms with Gasteiger partial charge in [-0.2, -0.15) is 5.10 Å². The highest BCUT2D eigenvalue weighted by Crippen LogP contribution is 2.19. The minimum atomic E-state index is -0.396. The molecule has 3 N–H and O–H groups in total. The number of aromatic amines is 1. The molecule has 0 bridgehead atoms. The van der Waals surface area contributed by atoms with Crippen LogP contribution in [0.2, 0.25) is 0 Å². The molecular weight excluding hydrogens is 190 g/mol. The maximum Gasteiger partial charge on any atom is 0.0688 e. The van der Waals surface area contributed by atoms with E-state index in [1.54, 1.807) is 6.92 Å². The summed E-state index contributed by atoms with van der Waals surface area (Å²) in [6.45, 7) is 9.84. The predicted molar refractivity (Wildman–Crippen MR) is 60.6 cm³/mol.